The van der Waals surface area contributed by atoms with Gasteiger partial charge in [0.2, 0.25) is 0 Å². The molecule has 0 saturated heterocycles. The van der Waals surface area contributed by atoms with Crippen molar-refractivity contribution >= 4 is 16.1 Å². The summed E-state index contributed by atoms with van der Waals surface area (Å²) >= 11 is 0. The fraction of sp³-hybridized carbons (Fsp3) is 0.417. The molecule has 0 heterocycles. The minimum absolute atomic E-state index is 0.261. The highest BCUT2D eigenvalue weighted by Crippen LogP contribution is 2.31. The third-order valence-corrected chi connectivity index (χ3v) is 4.22. The lowest BCUT2D eigenvalue weighted by molar-refractivity contribution is -0.142. The van der Waals surface area contributed by atoms with Gasteiger partial charge in [0.15, 0.2) is 0 Å². The molecule has 0 aromatic heterocycles. The summed E-state index contributed by atoms with van der Waals surface area (Å²) in [5.74, 6) is -1.90. The maximum absolute atomic E-state index is 12.2. The van der Waals surface area contributed by atoms with E-state index in [1.165, 1.54) is 12.1 Å². The molecule has 1 N–H and O–H groups in total. The molecule has 1 aliphatic rings. The molecule has 0 radical (unpaired) electrons. The van der Waals surface area contributed by atoms with Gasteiger partial charge in [-0.3, -0.25) is 4.79 Å². The smallest absolute Gasteiger partial charge is 0.481 e. The molecule has 116 valence electrons. The predicted octanol–water partition coefficient (Wildman–Crippen LogP) is 2.10. The van der Waals surface area contributed by atoms with Crippen LogP contribution < -0.4 is 4.18 Å². The van der Waals surface area contributed by atoms with E-state index in [1.807, 2.05) is 0 Å². The summed E-state index contributed by atoms with van der Waals surface area (Å²) in [4.78, 5) is 10.9. The second-order valence-electron chi connectivity index (χ2n) is 4.69. The average Bonchev–Trinajstić information content (AvgIpc) is 2.36. The first-order chi connectivity index (χ1) is 9.60. The number of aliphatic carboxylic acids is 1. The van der Waals surface area contributed by atoms with Crippen molar-refractivity contribution in [1.82, 2.24) is 0 Å². The van der Waals surface area contributed by atoms with Gasteiger partial charge in [0.1, 0.15) is 5.75 Å². The SMILES string of the molecule is O=C(O)C1CCc2cc(OS(=O)(=O)C(F)(F)F)ccc2C1. The third kappa shape index (κ3) is 3.29. The summed E-state index contributed by atoms with van der Waals surface area (Å²) in [6, 6.07) is 3.69. The molecule has 0 fully saturated rings. The maximum atomic E-state index is 12.2. The van der Waals surface area contributed by atoms with Gasteiger partial charge in [-0.05, 0) is 42.5 Å². The quantitative estimate of drug-likeness (QED) is 0.680. The van der Waals surface area contributed by atoms with Crippen LogP contribution in [0.25, 0.3) is 0 Å². The molecule has 1 aromatic carbocycles. The van der Waals surface area contributed by atoms with Crippen LogP contribution in [0.5, 0.6) is 5.75 Å². The van der Waals surface area contributed by atoms with Crippen LogP contribution >= 0.6 is 0 Å². The summed E-state index contributed by atoms with van der Waals surface area (Å²) in [7, 11) is -5.70. The monoisotopic (exact) mass is 324 g/mol. The van der Waals surface area contributed by atoms with Gasteiger partial charge in [-0.25, -0.2) is 0 Å². The Balaban J connectivity index is 2.22. The van der Waals surface area contributed by atoms with E-state index in [4.69, 9.17) is 5.11 Å². The van der Waals surface area contributed by atoms with Gasteiger partial charge < -0.3 is 9.29 Å². The Morgan fingerprint density at radius 1 is 1.29 bits per heavy atom. The molecule has 5 nitrogen and oxygen atoms in total. The Morgan fingerprint density at radius 3 is 2.52 bits per heavy atom. The summed E-state index contributed by atoms with van der Waals surface area (Å²) in [6.07, 6.45) is 0.949. The third-order valence-electron chi connectivity index (χ3n) is 3.24. The first kappa shape index (κ1) is 15.6. The van der Waals surface area contributed by atoms with Crippen molar-refractivity contribution < 1.29 is 35.7 Å². The maximum Gasteiger partial charge on any atom is 0.534 e. The molecule has 0 aliphatic heterocycles. The summed E-state index contributed by atoms with van der Waals surface area (Å²) in [5, 5.41) is 8.93. The number of rotatable bonds is 3. The van der Waals surface area contributed by atoms with Gasteiger partial charge in [-0.2, -0.15) is 21.6 Å². The van der Waals surface area contributed by atoms with Gasteiger partial charge >= 0.3 is 21.6 Å². The van der Waals surface area contributed by atoms with E-state index in [-0.39, 0.29) is 6.42 Å². The molecule has 9 heteroatoms. The molecule has 1 atom stereocenters. The van der Waals surface area contributed by atoms with Gasteiger partial charge in [0.05, 0.1) is 5.92 Å². The molecular formula is C12H11F3O5S. The number of benzene rings is 1. The van der Waals surface area contributed by atoms with Crippen LogP contribution in [0.3, 0.4) is 0 Å². The Hall–Kier alpha value is -1.77. The van der Waals surface area contributed by atoms with E-state index in [0.29, 0.717) is 24.0 Å². The van der Waals surface area contributed by atoms with Crippen molar-refractivity contribution in [3.63, 3.8) is 0 Å². The Morgan fingerprint density at radius 2 is 1.95 bits per heavy atom. The standard InChI is InChI=1S/C12H11F3O5S/c13-12(14,15)21(18,19)20-10-4-3-7-5-9(11(16)17)2-1-8(7)6-10/h3-4,6,9H,1-2,5H2,(H,16,17). The zero-order valence-corrected chi connectivity index (χ0v) is 11.4. The Bertz CT molecular complexity index is 666. The van der Waals surface area contributed by atoms with E-state index in [9.17, 15) is 26.4 Å². The van der Waals surface area contributed by atoms with Crippen LogP contribution in [0.4, 0.5) is 13.2 Å². The van der Waals surface area contributed by atoms with Crippen LogP contribution in [0.2, 0.25) is 0 Å². The lowest BCUT2D eigenvalue weighted by atomic mass is 9.84. The number of halogens is 3. The topological polar surface area (TPSA) is 80.7 Å². The average molecular weight is 324 g/mol. The highest BCUT2D eigenvalue weighted by Gasteiger charge is 2.48. The van der Waals surface area contributed by atoms with Crippen molar-refractivity contribution in [2.45, 2.75) is 24.8 Å². The van der Waals surface area contributed by atoms with Crippen molar-refractivity contribution in [3.05, 3.63) is 29.3 Å². The van der Waals surface area contributed by atoms with Crippen molar-refractivity contribution in [2.24, 2.45) is 5.92 Å². The lowest BCUT2D eigenvalue weighted by Gasteiger charge is -2.22. The van der Waals surface area contributed by atoms with E-state index in [1.54, 1.807) is 0 Å². The van der Waals surface area contributed by atoms with E-state index < -0.39 is 33.3 Å². The summed E-state index contributed by atoms with van der Waals surface area (Å²) < 4.78 is 62.5. The number of hydrogen-bond donors (Lipinski definition) is 1. The van der Waals surface area contributed by atoms with E-state index in [0.717, 1.165) is 6.07 Å². The minimum atomic E-state index is -5.70. The van der Waals surface area contributed by atoms with Crippen LogP contribution in [0, 0.1) is 5.92 Å². The number of fused-ring (bicyclic) bond motifs is 1. The van der Waals surface area contributed by atoms with Crippen LogP contribution in [-0.4, -0.2) is 25.0 Å². The van der Waals surface area contributed by atoms with Gasteiger partial charge in [0, 0.05) is 0 Å². The van der Waals surface area contributed by atoms with Crippen LogP contribution in [-0.2, 0) is 27.8 Å². The second-order valence-corrected chi connectivity index (χ2v) is 6.23. The van der Waals surface area contributed by atoms with Crippen molar-refractivity contribution in [2.75, 3.05) is 0 Å². The highest BCUT2D eigenvalue weighted by atomic mass is 32.2. The van der Waals surface area contributed by atoms with Gasteiger partial charge in [-0.15, -0.1) is 0 Å². The summed E-state index contributed by atoms with van der Waals surface area (Å²) in [5.41, 5.74) is -4.22. The molecular weight excluding hydrogens is 313 g/mol. The van der Waals surface area contributed by atoms with Gasteiger partial charge in [0.25, 0.3) is 0 Å². The Kier molecular flexibility index (Phi) is 3.87. The molecule has 1 aliphatic carbocycles. The number of carbonyl (C=O) groups is 1. The van der Waals surface area contributed by atoms with E-state index >= 15 is 0 Å². The minimum Gasteiger partial charge on any atom is -0.481 e. The zero-order chi connectivity index (χ0) is 15.8. The Labute approximate surface area is 118 Å². The lowest BCUT2D eigenvalue weighted by Crippen LogP contribution is -2.28. The fourth-order valence-corrected chi connectivity index (χ4v) is 2.62. The zero-order valence-electron chi connectivity index (χ0n) is 10.6. The highest BCUT2D eigenvalue weighted by molar-refractivity contribution is 7.88. The van der Waals surface area contributed by atoms with Crippen molar-refractivity contribution in [3.8, 4) is 5.75 Å². The molecule has 0 spiro atoms. The molecule has 0 bridgehead atoms. The molecule has 0 saturated carbocycles. The number of hydrogen-bond acceptors (Lipinski definition) is 4. The first-order valence-electron chi connectivity index (χ1n) is 5.95. The van der Waals surface area contributed by atoms with Crippen LogP contribution in [0.15, 0.2) is 18.2 Å². The molecule has 21 heavy (non-hydrogen) atoms. The molecule has 1 unspecified atom stereocenters. The van der Waals surface area contributed by atoms with E-state index in [2.05, 4.69) is 4.18 Å². The number of aryl methyl sites for hydroxylation is 1. The molecule has 2 rings (SSSR count). The molecule has 1 aromatic rings. The predicted molar refractivity (Wildman–Crippen MR) is 65.2 cm³/mol. The second kappa shape index (κ2) is 5.21. The summed E-state index contributed by atoms with van der Waals surface area (Å²) in [6.45, 7) is 0. The number of alkyl halides is 3. The first-order valence-corrected chi connectivity index (χ1v) is 7.36. The molecule has 0 amide bonds. The fourth-order valence-electron chi connectivity index (χ4n) is 2.17. The largest absolute Gasteiger partial charge is 0.534 e. The van der Waals surface area contributed by atoms with Gasteiger partial charge in [-0.1, -0.05) is 6.07 Å². The number of carboxylic acid groups (broad SMARTS) is 1. The normalized spacial score (nSPS) is 18.9. The number of carboxylic acids is 1. The van der Waals surface area contributed by atoms with Crippen LogP contribution in [0.1, 0.15) is 17.5 Å². The van der Waals surface area contributed by atoms with Crippen molar-refractivity contribution in [1.29, 1.82) is 0 Å².